The number of ether oxygens (including phenoxy) is 2. The highest BCUT2D eigenvalue weighted by molar-refractivity contribution is 5.91. The molecule has 0 aliphatic carbocycles. The Bertz CT molecular complexity index is 521. The first-order chi connectivity index (χ1) is 9.95. The Labute approximate surface area is 123 Å². The Hall–Kier alpha value is -2.08. The van der Waals surface area contributed by atoms with Crippen molar-refractivity contribution in [3.8, 4) is 5.75 Å². The van der Waals surface area contributed by atoms with Crippen LogP contribution in [-0.2, 0) is 14.3 Å². The summed E-state index contributed by atoms with van der Waals surface area (Å²) in [6.45, 7) is 4.47. The van der Waals surface area contributed by atoms with Crippen LogP contribution in [0.5, 0.6) is 5.75 Å². The minimum Gasteiger partial charge on any atom is -0.508 e. The highest BCUT2D eigenvalue weighted by Crippen LogP contribution is 2.13. The molecular weight excluding hydrogens is 274 g/mol. The zero-order valence-corrected chi connectivity index (χ0v) is 12.1. The maximum Gasteiger partial charge on any atom is 0.338 e. The third-order valence-corrected chi connectivity index (χ3v) is 3.18. The second-order valence-corrected chi connectivity index (χ2v) is 5.18. The number of phenolic OH excluding ortho intramolecular Hbond substituents is 1. The number of benzene rings is 1. The average Bonchev–Trinajstić information content (AvgIpc) is 2.43. The molecule has 1 aromatic rings. The Morgan fingerprint density at radius 3 is 2.62 bits per heavy atom. The lowest BCUT2D eigenvalue weighted by Crippen LogP contribution is -2.49. The number of amides is 1. The number of hydrogen-bond acceptors (Lipinski definition) is 5. The Balaban J connectivity index is 1.87. The second-order valence-electron chi connectivity index (χ2n) is 5.18. The summed E-state index contributed by atoms with van der Waals surface area (Å²) in [6.07, 6.45) is -0.0565. The fraction of sp³-hybridized carbons (Fsp3) is 0.467. The van der Waals surface area contributed by atoms with Gasteiger partial charge < -0.3 is 19.5 Å². The van der Waals surface area contributed by atoms with Crippen LogP contribution in [0.25, 0.3) is 0 Å². The van der Waals surface area contributed by atoms with Crippen molar-refractivity contribution >= 4 is 11.9 Å². The summed E-state index contributed by atoms with van der Waals surface area (Å²) in [5, 5.41) is 9.30. The fourth-order valence-electron chi connectivity index (χ4n) is 2.32. The van der Waals surface area contributed by atoms with Crippen LogP contribution in [0.4, 0.5) is 0 Å². The van der Waals surface area contributed by atoms with Crippen molar-refractivity contribution in [1.82, 2.24) is 4.90 Å². The zero-order valence-electron chi connectivity index (χ0n) is 12.1. The number of carbonyl (C=O) groups excluding carboxylic acids is 2. The van der Waals surface area contributed by atoms with E-state index in [0.29, 0.717) is 13.1 Å². The molecule has 2 rings (SSSR count). The van der Waals surface area contributed by atoms with Gasteiger partial charge in [0.25, 0.3) is 5.91 Å². The van der Waals surface area contributed by atoms with Crippen LogP contribution in [0, 0.1) is 0 Å². The maximum atomic E-state index is 12.0. The number of esters is 1. The molecule has 1 aliphatic rings. The third kappa shape index (κ3) is 4.19. The van der Waals surface area contributed by atoms with E-state index in [9.17, 15) is 14.7 Å². The quantitative estimate of drug-likeness (QED) is 0.847. The fourth-order valence-corrected chi connectivity index (χ4v) is 2.32. The smallest absolute Gasteiger partial charge is 0.338 e. The minimum atomic E-state index is -0.631. The van der Waals surface area contributed by atoms with Crippen molar-refractivity contribution in [3.05, 3.63) is 29.8 Å². The van der Waals surface area contributed by atoms with Crippen LogP contribution in [-0.4, -0.2) is 53.8 Å². The molecule has 1 aromatic carbocycles. The first-order valence-corrected chi connectivity index (χ1v) is 6.85. The average molecular weight is 293 g/mol. The molecule has 0 unspecified atom stereocenters. The normalized spacial score (nSPS) is 21.9. The van der Waals surface area contributed by atoms with E-state index in [0.717, 1.165) is 0 Å². The minimum absolute atomic E-state index is 0.0217. The van der Waals surface area contributed by atoms with Crippen LogP contribution in [0.15, 0.2) is 24.3 Å². The molecule has 6 nitrogen and oxygen atoms in total. The summed E-state index contributed by atoms with van der Waals surface area (Å²) in [5.41, 5.74) is 0.214. The lowest BCUT2D eigenvalue weighted by molar-refractivity contribution is -0.146. The molecule has 1 aliphatic heterocycles. The number of rotatable bonds is 3. The van der Waals surface area contributed by atoms with Crippen molar-refractivity contribution in [2.24, 2.45) is 0 Å². The van der Waals surface area contributed by atoms with Gasteiger partial charge in [0.15, 0.2) is 6.61 Å². The predicted molar refractivity (Wildman–Crippen MR) is 75.0 cm³/mol. The molecule has 2 atom stereocenters. The molecule has 1 fully saturated rings. The Morgan fingerprint density at radius 1 is 1.33 bits per heavy atom. The standard InChI is InChI=1S/C15H19NO5/c1-10-7-16(8-11(2)21-10)14(18)9-20-15(19)12-4-3-5-13(17)6-12/h3-6,10-11,17H,7-9H2,1-2H3/t10-,11-/m0/s1. The molecule has 0 saturated carbocycles. The molecule has 0 bridgehead atoms. The number of phenols is 1. The maximum absolute atomic E-state index is 12.0. The van der Waals surface area contributed by atoms with Gasteiger partial charge in [-0.2, -0.15) is 0 Å². The van der Waals surface area contributed by atoms with Crippen molar-refractivity contribution in [2.45, 2.75) is 26.1 Å². The van der Waals surface area contributed by atoms with Crippen molar-refractivity contribution in [3.63, 3.8) is 0 Å². The molecule has 6 heteroatoms. The third-order valence-electron chi connectivity index (χ3n) is 3.18. The molecule has 1 N–H and O–H groups in total. The molecular formula is C15H19NO5. The molecule has 1 heterocycles. The van der Waals surface area contributed by atoms with Gasteiger partial charge in [-0.25, -0.2) is 4.79 Å². The van der Waals surface area contributed by atoms with E-state index in [1.54, 1.807) is 11.0 Å². The van der Waals surface area contributed by atoms with E-state index in [-0.39, 0.29) is 36.0 Å². The van der Waals surface area contributed by atoms with E-state index < -0.39 is 5.97 Å². The highest BCUT2D eigenvalue weighted by Gasteiger charge is 2.26. The van der Waals surface area contributed by atoms with Gasteiger partial charge in [-0.1, -0.05) is 6.07 Å². The number of hydrogen-bond donors (Lipinski definition) is 1. The van der Waals surface area contributed by atoms with Crippen LogP contribution < -0.4 is 0 Å². The first kappa shape index (κ1) is 15.3. The Morgan fingerprint density at radius 2 is 2.00 bits per heavy atom. The molecule has 1 amide bonds. The predicted octanol–water partition coefficient (Wildman–Crippen LogP) is 1.18. The van der Waals surface area contributed by atoms with E-state index in [1.165, 1.54) is 18.2 Å². The van der Waals surface area contributed by atoms with Crippen molar-refractivity contribution in [1.29, 1.82) is 0 Å². The molecule has 114 valence electrons. The summed E-state index contributed by atoms with van der Waals surface area (Å²) in [5.74, 6) is -0.897. The van der Waals surface area contributed by atoms with Crippen LogP contribution >= 0.6 is 0 Å². The van der Waals surface area contributed by atoms with Gasteiger partial charge in [0.2, 0.25) is 0 Å². The summed E-state index contributed by atoms with van der Waals surface area (Å²) in [6, 6.07) is 5.81. The molecule has 21 heavy (non-hydrogen) atoms. The number of carbonyl (C=O) groups is 2. The van der Waals surface area contributed by atoms with E-state index in [4.69, 9.17) is 9.47 Å². The van der Waals surface area contributed by atoms with Crippen LogP contribution in [0.3, 0.4) is 0 Å². The molecule has 0 spiro atoms. The summed E-state index contributed by atoms with van der Waals surface area (Å²) >= 11 is 0. The van der Waals surface area contributed by atoms with Crippen LogP contribution in [0.1, 0.15) is 24.2 Å². The van der Waals surface area contributed by atoms with Gasteiger partial charge in [-0.3, -0.25) is 4.79 Å². The lowest BCUT2D eigenvalue weighted by atomic mass is 10.2. The topological polar surface area (TPSA) is 76.1 Å². The van der Waals surface area contributed by atoms with Gasteiger partial charge >= 0.3 is 5.97 Å². The van der Waals surface area contributed by atoms with E-state index >= 15 is 0 Å². The van der Waals surface area contributed by atoms with Gasteiger partial charge in [0, 0.05) is 13.1 Å². The Kier molecular flexibility index (Phi) is 4.80. The summed E-state index contributed by atoms with van der Waals surface area (Å²) < 4.78 is 10.5. The molecule has 0 radical (unpaired) electrons. The lowest BCUT2D eigenvalue weighted by Gasteiger charge is -2.35. The monoisotopic (exact) mass is 293 g/mol. The van der Waals surface area contributed by atoms with Gasteiger partial charge in [0.05, 0.1) is 17.8 Å². The highest BCUT2D eigenvalue weighted by atomic mass is 16.5. The first-order valence-electron chi connectivity index (χ1n) is 6.85. The summed E-state index contributed by atoms with van der Waals surface area (Å²) in [7, 11) is 0. The summed E-state index contributed by atoms with van der Waals surface area (Å²) in [4.78, 5) is 25.5. The molecule has 0 aromatic heterocycles. The van der Waals surface area contributed by atoms with E-state index in [2.05, 4.69) is 0 Å². The zero-order chi connectivity index (χ0) is 15.4. The van der Waals surface area contributed by atoms with Crippen LogP contribution in [0.2, 0.25) is 0 Å². The number of aromatic hydroxyl groups is 1. The molecule has 1 saturated heterocycles. The largest absolute Gasteiger partial charge is 0.508 e. The van der Waals surface area contributed by atoms with E-state index in [1.807, 2.05) is 13.8 Å². The second kappa shape index (κ2) is 6.58. The van der Waals surface area contributed by atoms with Crippen molar-refractivity contribution < 1.29 is 24.2 Å². The van der Waals surface area contributed by atoms with Gasteiger partial charge in [0.1, 0.15) is 5.75 Å². The SMILES string of the molecule is C[C@H]1CN(C(=O)COC(=O)c2cccc(O)c2)C[C@H](C)O1. The van der Waals surface area contributed by atoms with Gasteiger partial charge in [-0.05, 0) is 32.0 Å². The number of morpholine rings is 1. The van der Waals surface area contributed by atoms with Gasteiger partial charge in [-0.15, -0.1) is 0 Å². The number of nitrogens with zero attached hydrogens (tertiary/aromatic N) is 1. The van der Waals surface area contributed by atoms with Crippen molar-refractivity contribution in [2.75, 3.05) is 19.7 Å².